The zero-order valence-electron chi connectivity index (χ0n) is 14.8. The Bertz CT molecular complexity index is 751. The highest BCUT2D eigenvalue weighted by molar-refractivity contribution is 7.85. The Labute approximate surface area is 154 Å². The predicted octanol–water partition coefficient (Wildman–Crippen LogP) is 0.654. The number of hydrogen-bond donors (Lipinski definition) is 4. The van der Waals surface area contributed by atoms with Crippen LogP contribution in [0.4, 0.5) is 10.1 Å². The van der Waals surface area contributed by atoms with Crippen LogP contribution in [0, 0.1) is 5.82 Å². The highest BCUT2D eigenvalue weighted by Gasteiger charge is 2.34. The van der Waals surface area contributed by atoms with Crippen molar-refractivity contribution < 1.29 is 23.6 Å². The lowest BCUT2D eigenvalue weighted by Gasteiger charge is -2.29. The van der Waals surface area contributed by atoms with E-state index < -0.39 is 28.5 Å². The van der Waals surface area contributed by atoms with Crippen LogP contribution in [0.1, 0.15) is 37.8 Å². The molecule has 0 radical (unpaired) electrons. The highest BCUT2D eigenvalue weighted by Crippen LogP contribution is 2.39. The number of carbonyl (C=O) groups excluding carboxylic acids is 1. The maximum Gasteiger partial charge on any atom is 0.253 e. The fourth-order valence-corrected chi connectivity index (χ4v) is 4.33. The van der Waals surface area contributed by atoms with Crippen molar-refractivity contribution in [2.45, 2.75) is 51.2 Å². The molecule has 2 atom stereocenters. The van der Waals surface area contributed by atoms with Crippen molar-refractivity contribution in [3.8, 4) is 5.75 Å². The number of phenols is 1. The summed E-state index contributed by atoms with van der Waals surface area (Å²) in [7, 11) is 0. The molecule has 26 heavy (non-hydrogen) atoms. The summed E-state index contributed by atoms with van der Waals surface area (Å²) in [6.07, 6.45) is 2.37. The van der Waals surface area contributed by atoms with Crippen molar-refractivity contribution >= 4 is 22.8 Å². The molecule has 7 nitrogen and oxygen atoms in total. The summed E-state index contributed by atoms with van der Waals surface area (Å²) in [4.78, 5) is 11.4. The first-order valence-electron chi connectivity index (χ1n) is 8.63. The third kappa shape index (κ3) is 3.99. The molecule has 1 amide bonds. The minimum atomic E-state index is -1.89. The molecule has 2 aliphatic rings. The van der Waals surface area contributed by atoms with Gasteiger partial charge in [0, 0.05) is 6.04 Å². The van der Waals surface area contributed by atoms with E-state index in [9.17, 15) is 23.6 Å². The number of phenolic OH excluding ortho intramolecular Hbond substituents is 1. The number of fused-ring (bicyclic) bond motifs is 1. The first-order valence-corrected chi connectivity index (χ1v) is 9.74. The van der Waals surface area contributed by atoms with Crippen LogP contribution >= 0.6 is 0 Å². The van der Waals surface area contributed by atoms with Gasteiger partial charge in [-0.25, -0.2) is 8.60 Å². The van der Waals surface area contributed by atoms with Crippen molar-refractivity contribution in [1.82, 2.24) is 10.0 Å². The quantitative estimate of drug-likeness (QED) is 0.596. The molecule has 1 fully saturated rings. The lowest BCUT2D eigenvalue weighted by Crippen LogP contribution is -2.38. The second-order valence-corrected chi connectivity index (χ2v) is 8.61. The Morgan fingerprint density at radius 1 is 1.50 bits per heavy atom. The summed E-state index contributed by atoms with van der Waals surface area (Å²) in [5.74, 6) is -1.40. The smallest absolute Gasteiger partial charge is 0.253 e. The Hall–Kier alpha value is -1.71. The number of carbonyl (C=O) groups is 1. The fourth-order valence-electron chi connectivity index (χ4n) is 3.38. The van der Waals surface area contributed by atoms with Crippen LogP contribution in [0.2, 0.25) is 0 Å². The van der Waals surface area contributed by atoms with Crippen LogP contribution in [0.25, 0.3) is 0 Å². The lowest BCUT2D eigenvalue weighted by atomic mass is 9.87. The minimum absolute atomic E-state index is 0.138. The first kappa shape index (κ1) is 19.1. The molecule has 1 aromatic rings. The average molecular weight is 385 g/mol. The SMILES string of the molecule is CC(C)(O)CCNC1CCc2c(cc(O)c(N3CC(=O)NS3=O)c2F)C1. The maximum absolute atomic E-state index is 15.0. The van der Waals surface area contributed by atoms with Gasteiger partial charge in [0.05, 0.1) is 5.60 Å². The Morgan fingerprint density at radius 2 is 2.23 bits per heavy atom. The Balaban J connectivity index is 1.77. The van der Waals surface area contributed by atoms with Crippen molar-refractivity contribution in [2.24, 2.45) is 0 Å². The van der Waals surface area contributed by atoms with Gasteiger partial charge in [0.1, 0.15) is 18.0 Å². The van der Waals surface area contributed by atoms with Crippen LogP contribution in [0.15, 0.2) is 6.07 Å². The van der Waals surface area contributed by atoms with Gasteiger partial charge in [-0.2, -0.15) is 0 Å². The van der Waals surface area contributed by atoms with Crippen LogP contribution in [-0.4, -0.2) is 45.1 Å². The molecule has 1 aliphatic carbocycles. The van der Waals surface area contributed by atoms with Gasteiger partial charge in [0.25, 0.3) is 5.91 Å². The zero-order chi connectivity index (χ0) is 19.1. The molecule has 1 heterocycles. The van der Waals surface area contributed by atoms with Crippen molar-refractivity contribution in [1.29, 1.82) is 0 Å². The predicted molar refractivity (Wildman–Crippen MR) is 96.4 cm³/mol. The molecular weight excluding hydrogens is 361 g/mol. The Morgan fingerprint density at radius 3 is 2.85 bits per heavy atom. The number of benzene rings is 1. The summed E-state index contributed by atoms with van der Waals surface area (Å²) in [5, 5.41) is 23.4. The molecule has 1 saturated heterocycles. The summed E-state index contributed by atoms with van der Waals surface area (Å²) in [6.45, 7) is 3.90. The van der Waals surface area contributed by atoms with Gasteiger partial charge < -0.3 is 15.5 Å². The number of anilines is 1. The molecule has 0 bridgehead atoms. The van der Waals surface area contributed by atoms with Gasteiger partial charge in [0.15, 0.2) is 5.82 Å². The van der Waals surface area contributed by atoms with Crippen LogP contribution in [0.3, 0.4) is 0 Å². The summed E-state index contributed by atoms with van der Waals surface area (Å²) in [5.41, 5.74) is 0.277. The number of hydrogen-bond acceptors (Lipinski definition) is 5. The van der Waals surface area contributed by atoms with Gasteiger partial charge >= 0.3 is 0 Å². The molecular formula is C17H24FN3O4S. The number of aliphatic hydroxyl groups is 1. The van der Waals surface area contributed by atoms with E-state index in [1.165, 1.54) is 6.07 Å². The van der Waals surface area contributed by atoms with Gasteiger partial charge in [-0.15, -0.1) is 0 Å². The van der Waals surface area contributed by atoms with Crippen LogP contribution in [0.5, 0.6) is 5.75 Å². The Kier molecular flexibility index (Phi) is 5.23. The van der Waals surface area contributed by atoms with Gasteiger partial charge in [-0.3, -0.25) is 13.8 Å². The van der Waals surface area contributed by atoms with E-state index in [4.69, 9.17) is 0 Å². The number of amides is 1. The van der Waals surface area contributed by atoms with Crippen LogP contribution in [-0.2, 0) is 28.8 Å². The van der Waals surface area contributed by atoms with Gasteiger partial charge in [-0.05, 0) is 63.3 Å². The van der Waals surface area contributed by atoms with E-state index in [2.05, 4.69) is 10.0 Å². The fraction of sp³-hybridized carbons (Fsp3) is 0.588. The maximum atomic E-state index is 15.0. The molecule has 9 heteroatoms. The number of halogens is 1. The molecule has 144 valence electrons. The summed E-state index contributed by atoms with van der Waals surface area (Å²) in [6, 6.07) is 1.64. The highest BCUT2D eigenvalue weighted by atomic mass is 32.2. The average Bonchev–Trinajstić information content (AvgIpc) is 2.84. The molecule has 1 aromatic carbocycles. The largest absolute Gasteiger partial charge is 0.506 e. The van der Waals surface area contributed by atoms with E-state index >= 15 is 0 Å². The van der Waals surface area contributed by atoms with E-state index in [1.54, 1.807) is 13.8 Å². The van der Waals surface area contributed by atoms with E-state index in [0.29, 0.717) is 36.9 Å². The molecule has 0 aromatic heterocycles. The summed E-state index contributed by atoms with van der Waals surface area (Å²) < 4.78 is 30.1. The number of aromatic hydroxyl groups is 1. The third-order valence-electron chi connectivity index (χ3n) is 4.73. The second kappa shape index (κ2) is 7.13. The van der Waals surface area contributed by atoms with Crippen LogP contribution < -0.4 is 14.3 Å². The normalized spacial score (nSPS) is 23.1. The van der Waals surface area contributed by atoms with Crippen molar-refractivity contribution in [3.63, 3.8) is 0 Å². The molecule has 0 saturated carbocycles. The topological polar surface area (TPSA) is 102 Å². The van der Waals surface area contributed by atoms with E-state index in [0.717, 1.165) is 10.7 Å². The number of nitrogens with zero attached hydrogens (tertiary/aromatic N) is 1. The minimum Gasteiger partial charge on any atom is -0.506 e. The molecule has 0 spiro atoms. The van der Waals surface area contributed by atoms with E-state index in [1.807, 2.05) is 0 Å². The molecule has 1 aliphatic heterocycles. The number of nitrogens with one attached hydrogen (secondary N) is 2. The molecule has 4 N–H and O–H groups in total. The first-order chi connectivity index (χ1) is 12.2. The van der Waals surface area contributed by atoms with Crippen molar-refractivity contribution in [2.75, 3.05) is 17.4 Å². The van der Waals surface area contributed by atoms with E-state index in [-0.39, 0.29) is 24.0 Å². The molecule has 2 unspecified atom stereocenters. The summed E-state index contributed by atoms with van der Waals surface area (Å²) >= 11 is -1.89. The third-order valence-corrected chi connectivity index (χ3v) is 5.85. The van der Waals surface area contributed by atoms with Gasteiger partial charge in [-0.1, -0.05) is 0 Å². The molecule has 3 rings (SSSR count). The monoisotopic (exact) mass is 385 g/mol. The second-order valence-electron chi connectivity index (χ2n) is 7.46. The number of rotatable bonds is 5. The standard InChI is InChI=1S/C17H24FN3O4S/c1-17(2,24)5-6-19-11-3-4-12-10(7-11)8-13(22)16(15(12)18)21-9-14(23)20-26(21)25/h8,11,19,22,24H,3-7,9H2,1-2H3,(H,20,23). The van der Waals surface area contributed by atoms with Gasteiger partial charge in [0.2, 0.25) is 11.2 Å². The lowest BCUT2D eigenvalue weighted by molar-refractivity contribution is -0.117. The zero-order valence-corrected chi connectivity index (χ0v) is 15.7. The van der Waals surface area contributed by atoms with Crippen molar-refractivity contribution in [3.05, 3.63) is 23.0 Å².